The van der Waals surface area contributed by atoms with Crippen LogP contribution in [0.2, 0.25) is 0 Å². The highest BCUT2D eigenvalue weighted by Crippen LogP contribution is 2.22. The lowest BCUT2D eigenvalue weighted by molar-refractivity contribution is -0.116. The number of nitrogens with one attached hydrogen (secondary N) is 1. The molecule has 0 atom stereocenters. The molecular formula is C14H16N4O5S2. The van der Waals surface area contributed by atoms with Crippen molar-refractivity contribution in [3.63, 3.8) is 0 Å². The summed E-state index contributed by atoms with van der Waals surface area (Å²) in [6.45, 7) is -0.411. The molecule has 11 heteroatoms. The lowest BCUT2D eigenvalue weighted by Crippen LogP contribution is -2.29. The van der Waals surface area contributed by atoms with Crippen LogP contribution in [0.25, 0.3) is 0 Å². The van der Waals surface area contributed by atoms with Gasteiger partial charge in [-0.15, -0.1) is 11.3 Å². The van der Waals surface area contributed by atoms with Crippen molar-refractivity contribution in [2.24, 2.45) is 5.73 Å². The van der Waals surface area contributed by atoms with Crippen molar-refractivity contribution in [3.8, 4) is 0 Å². The van der Waals surface area contributed by atoms with E-state index in [1.807, 2.05) is 0 Å². The molecule has 0 radical (unpaired) electrons. The van der Waals surface area contributed by atoms with Crippen LogP contribution in [0.15, 0.2) is 39.5 Å². The maximum atomic E-state index is 12.1. The number of amides is 2. The highest BCUT2D eigenvalue weighted by Gasteiger charge is 2.19. The summed E-state index contributed by atoms with van der Waals surface area (Å²) in [4.78, 5) is 35.1. The maximum absolute atomic E-state index is 12.1. The van der Waals surface area contributed by atoms with Gasteiger partial charge in [0.1, 0.15) is 11.5 Å². The van der Waals surface area contributed by atoms with Crippen molar-refractivity contribution in [1.29, 1.82) is 0 Å². The van der Waals surface area contributed by atoms with E-state index < -0.39 is 33.9 Å². The van der Waals surface area contributed by atoms with Gasteiger partial charge in [-0.05, 0) is 17.5 Å². The number of hydrogen-bond acceptors (Lipinski definition) is 6. The smallest absolute Gasteiger partial charge is 0.251 e. The number of anilines is 1. The number of pyridine rings is 1. The summed E-state index contributed by atoms with van der Waals surface area (Å²) in [5, 5.41) is 4.34. The third-order valence-corrected chi connectivity index (χ3v) is 5.86. The Hall–Kier alpha value is -2.50. The van der Waals surface area contributed by atoms with Crippen LogP contribution in [0.4, 0.5) is 5.00 Å². The quantitative estimate of drug-likeness (QED) is 0.718. The first-order valence-corrected chi connectivity index (χ1v) is 9.25. The van der Waals surface area contributed by atoms with Gasteiger partial charge in [0.2, 0.25) is 15.9 Å². The molecule has 25 heavy (non-hydrogen) atoms. The number of nitrogens with two attached hydrogens (primary N) is 1. The number of primary amides is 1. The molecule has 3 N–H and O–H groups in total. The standard InChI is InChI=1S/C14H16N4O5S2/c1-17(2)25(22,23)9-3-4-12(20)18(7-9)8-11(19)16-14-10(13(15)21)5-6-24-14/h3-7H,8H2,1-2H3,(H2,15,21)(H,16,19). The number of carbonyl (C=O) groups is 2. The Morgan fingerprint density at radius 3 is 2.56 bits per heavy atom. The van der Waals surface area contributed by atoms with Crippen LogP contribution in [-0.4, -0.2) is 43.2 Å². The fraction of sp³-hybridized carbons (Fsp3) is 0.214. The van der Waals surface area contributed by atoms with E-state index in [-0.39, 0.29) is 15.5 Å². The van der Waals surface area contributed by atoms with Gasteiger partial charge in [-0.3, -0.25) is 14.4 Å². The molecule has 2 amide bonds. The van der Waals surface area contributed by atoms with Crippen molar-refractivity contribution in [2.75, 3.05) is 19.4 Å². The van der Waals surface area contributed by atoms with Crippen LogP contribution in [-0.2, 0) is 21.4 Å². The van der Waals surface area contributed by atoms with Gasteiger partial charge in [0.05, 0.1) is 10.5 Å². The number of carbonyl (C=O) groups excluding carboxylic acids is 2. The van der Waals surface area contributed by atoms with Gasteiger partial charge < -0.3 is 15.6 Å². The Labute approximate surface area is 147 Å². The molecule has 0 saturated carbocycles. The predicted octanol–water partition coefficient (Wildman–Crippen LogP) is -0.102. The molecule has 0 aliphatic carbocycles. The predicted molar refractivity (Wildman–Crippen MR) is 93.0 cm³/mol. The van der Waals surface area contributed by atoms with Crippen LogP contribution in [0.1, 0.15) is 10.4 Å². The highest BCUT2D eigenvalue weighted by molar-refractivity contribution is 7.89. The summed E-state index contributed by atoms with van der Waals surface area (Å²) in [5.74, 6) is -1.28. The summed E-state index contributed by atoms with van der Waals surface area (Å²) in [7, 11) is -1.02. The zero-order valence-corrected chi connectivity index (χ0v) is 15.1. The molecule has 9 nitrogen and oxygen atoms in total. The lowest BCUT2D eigenvalue weighted by Gasteiger charge is -2.13. The maximum Gasteiger partial charge on any atom is 0.251 e. The number of aromatic nitrogens is 1. The van der Waals surface area contributed by atoms with E-state index in [0.717, 1.165) is 32.5 Å². The first-order chi connectivity index (χ1) is 11.6. The summed E-state index contributed by atoms with van der Waals surface area (Å²) < 4.78 is 26.2. The van der Waals surface area contributed by atoms with Gasteiger partial charge in [0.15, 0.2) is 0 Å². The van der Waals surface area contributed by atoms with Crippen LogP contribution in [0.5, 0.6) is 0 Å². The van der Waals surface area contributed by atoms with E-state index in [9.17, 15) is 22.8 Å². The van der Waals surface area contributed by atoms with E-state index in [0.29, 0.717) is 0 Å². The number of hydrogen-bond donors (Lipinski definition) is 2. The summed E-state index contributed by atoms with van der Waals surface area (Å²) in [6, 6.07) is 3.72. The molecule has 0 saturated heterocycles. The van der Waals surface area contributed by atoms with Crippen molar-refractivity contribution >= 4 is 38.2 Å². The second kappa shape index (κ2) is 7.17. The second-order valence-electron chi connectivity index (χ2n) is 5.19. The fourth-order valence-electron chi connectivity index (χ4n) is 1.92. The Morgan fingerprint density at radius 1 is 1.28 bits per heavy atom. The molecule has 2 aromatic rings. The molecule has 0 aliphatic heterocycles. The minimum atomic E-state index is -3.74. The van der Waals surface area contributed by atoms with Crippen molar-refractivity contribution < 1.29 is 18.0 Å². The molecule has 2 heterocycles. The summed E-state index contributed by atoms with van der Waals surface area (Å²) >= 11 is 1.11. The average molecular weight is 384 g/mol. The van der Waals surface area contributed by atoms with E-state index in [1.54, 1.807) is 5.38 Å². The first kappa shape index (κ1) is 18.8. The van der Waals surface area contributed by atoms with Crippen molar-refractivity contribution in [1.82, 2.24) is 8.87 Å². The highest BCUT2D eigenvalue weighted by atomic mass is 32.2. The van der Waals surface area contributed by atoms with Crippen LogP contribution < -0.4 is 16.6 Å². The Kier molecular flexibility index (Phi) is 5.40. The summed E-state index contributed by atoms with van der Waals surface area (Å²) in [5.41, 5.74) is 4.83. The monoisotopic (exact) mass is 384 g/mol. The zero-order valence-electron chi connectivity index (χ0n) is 13.4. The third-order valence-electron chi connectivity index (χ3n) is 3.23. The van der Waals surface area contributed by atoms with E-state index >= 15 is 0 Å². The van der Waals surface area contributed by atoms with Crippen molar-refractivity contribution in [3.05, 3.63) is 45.7 Å². The lowest BCUT2D eigenvalue weighted by atomic mass is 10.3. The topological polar surface area (TPSA) is 132 Å². The van der Waals surface area contributed by atoms with Gasteiger partial charge in [0, 0.05) is 26.4 Å². The van der Waals surface area contributed by atoms with E-state index in [1.165, 1.54) is 26.2 Å². The Balaban J connectivity index is 2.25. The molecule has 134 valence electrons. The minimum absolute atomic E-state index is 0.112. The van der Waals surface area contributed by atoms with Gasteiger partial charge >= 0.3 is 0 Å². The summed E-state index contributed by atoms with van der Waals surface area (Å²) in [6.07, 6.45) is 1.10. The number of rotatable bonds is 6. The van der Waals surface area contributed by atoms with Crippen LogP contribution >= 0.6 is 11.3 Å². The molecule has 0 unspecified atom stereocenters. The molecular weight excluding hydrogens is 368 g/mol. The van der Waals surface area contributed by atoms with Gasteiger partial charge in [-0.25, -0.2) is 12.7 Å². The number of nitrogens with zero attached hydrogens (tertiary/aromatic N) is 2. The minimum Gasteiger partial charge on any atom is -0.366 e. The average Bonchev–Trinajstić information content (AvgIpc) is 2.97. The largest absolute Gasteiger partial charge is 0.366 e. The van der Waals surface area contributed by atoms with E-state index in [2.05, 4.69) is 5.32 Å². The molecule has 0 fully saturated rings. The van der Waals surface area contributed by atoms with E-state index in [4.69, 9.17) is 5.73 Å². The Morgan fingerprint density at radius 2 is 1.96 bits per heavy atom. The normalized spacial score (nSPS) is 11.5. The first-order valence-electron chi connectivity index (χ1n) is 6.93. The fourth-order valence-corrected chi connectivity index (χ4v) is 3.65. The van der Waals surface area contributed by atoms with Crippen LogP contribution in [0.3, 0.4) is 0 Å². The molecule has 0 spiro atoms. The molecule has 0 bridgehead atoms. The van der Waals surface area contributed by atoms with Crippen LogP contribution in [0, 0.1) is 0 Å². The number of thiophene rings is 1. The molecule has 0 aromatic carbocycles. The van der Waals surface area contributed by atoms with Gasteiger partial charge in [0.25, 0.3) is 11.5 Å². The molecule has 0 aliphatic rings. The second-order valence-corrected chi connectivity index (χ2v) is 8.26. The van der Waals surface area contributed by atoms with Gasteiger partial charge in [-0.2, -0.15) is 0 Å². The number of sulfonamides is 1. The SMILES string of the molecule is CN(C)S(=O)(=O)c1ccc(=O)n(CC(=O)Nc2sccc2C(N)=O)c1. The van der Waals surface area contributed by atoms with Crippen molar-refractivity contribution in [2.45, 2.75) is 11.4 Å². The van der Waals surface area contributed by atoms with Gasteiger partial charge in [-0.1, -0.05) is 0 Å². The molecule has 2 aromatic heterocycles. The molecule has 2 rings (SSSR count). The third kappa shape index (κ3) is 4.13. The Bertz CT molecular complexity index is 975. The zero-order chi connectivity index (χ0) is 18.8.